The Hall–Kier alpha value is -2.60. The maximum absolute atomic E-state index is 12.4. The molecule has 0 unspecified atom stereocenters. The van der Waals surface area contributed by atoms with Crippen LogP contribution in [0.15, 0.2) is 42.5 Å². The highest BCUT2D eigenvalue weighted by molar-refractivity contribution is 6.88. The Morgan fingerprint density at radius 2 is 1.74 bits per heavy atom. The van der Waals surface area contributed by atoms with Crippen molar-refractivity contribution in [3.63, 3.8) is 0 Å². The van der Waals surface area contributed by atoms with Crippen molar-refractivity contribution in [3.05, 3.63) is 42.5 Å². The Morgan fingerprint density at radius 3 is 2.37 bits per heavy atom. The second kappa shape index (κ2) is 6.53. The number of carbonyl (C=O) groups excluding carboxylic acids is 1. The third-order valence-corrected chi connectivity index (χ3v) is 6.38. The Kier molecular flexibility index (Phi) is 4.63. The Balaban J connectivity index is 2.05. The molecule has 0 bridgehead atoms. The lowest BCUT2D eigenvalue weighted by Crippen LogP contribution is -2.37. The monoisotopic (exact) mass is 381 g/mol. The van der Waals surface area contributed by atoms with E-state index in [-0.39, 0.29) is 0 Å². The standard InChI is InChI=1S/C21H27N3O2Si/c1-21(2,3)26-20(25)24-18-11-10-15(13-17(18)19(22)23-24)14-8-7-9-16(12-14)27(4,5)6/h7-13H,1-6H3,(H2,22,23). The molecule has 0 radical (unpaired) electrons. The van der Waals surface area contributed by atoms with Gasteiger partial charge in [-0.05, 0) is 44.0 Å². The van der Waals surface area contributed by atoms with E-state index >= 15 is 0 Å². The summed E-state index contributed by atoms with van der Waals surface area (Å²) in [6, 6.07) is 14.5. The third kappa shape index (κ3) is 4.05. The maximum atomic E-state index is 12.4. The number of rotatable bonds is 2. The topological polar surface area (TPSA) is 70.1 Å². The summed E-state index contributed by atoms with van der Waals surface area (Å²) in [6.45, 7) is 12.5. The van der Waals surface area contributed by atoms with Crippen molar-refractivity contribution in [1.82, 2.24) is 9.78 Å². The molecule has 2 N–H and O–H groups in total. The highest BCUT2D eigenvalue weighted by Crippen LogP contribution is 2.28. The largest absolute Gasteiger partial charge is 0.442 e. The molecule has 0 saturated carbocycles. The van der Waals surface area contributed by atoms with E-state index < -0.39 is 19.8 Å². The first-order valence-corrected chi connectivity index (χ1v) is 12.6. The van der Waals surface area contributed by atoms with Crippen LogP contribution >= 0.6 is 0 Å². The summed E-state index contributed by atoms with van der Waals surface area (Å²) in [7, 11) is -1.40. The van der Waals surface area contributed by atoms with E-state index in [1.54, 1.807) is 0 Å². The third-order valence-electron chi connectivity index (χ3n) is 4.34. The molecule has 3 aromatic rings. The summed E-state index contributed by atoms with van der Waals surface area (Å²) in [4.78, 5) is 12.4. The molecule has 3 rings (SSSR count). The molecule has 0 spiro atoms. The highest BCUT2D eigenvalue weighted by Gasteiger charge is 2.22. The molecule has 27 heavy (non-hydrogen) atoms. The molecule has 1 heterocycles. The van der Waals surface area contributed by atoms with Crippen molar-refractivity contribution in [2.45, 2.75) is 46.0 Å². The summed E-state index contributed by atoms with van der Waals surface area (Å²) in [5, 5.41) is 6.34. The minimum atomic E-state index is -1.40. The van der Waals surface area contributed by atoms with Crippen LogP contribution in [0.1, 0.15) is 20.8 Å². The lowest BCUT2D eigenvalue weighted by atomic mass is 10.0. The first-order chi connectivity index (χ1) is 12.5. The molecule has 0 aliphatic rings. The summed E-state index contributed by atoms with van der Waals surface area (Å²) in [5.74, 6) is 0.319. The van der Waals surface area contributed by atoms with Crippen molar-refractivity contribution in [2.24, 2.45) is 0 Å². The molecule has 0 fully saturated rings. The van der Waals surface area contributed by atoms with E-state index in [0.29, 0.717) is 11.3 Å². The molecule has 5 nitrogen and oxygen atoms in total. The van der Waals surface area contributed by atoms with E-state index in [1.165, 1.54) is 9.87 Å². The van der Waals surface area contributed by atoms with Crippen LogP contribution in [0.3, 0.4) is 0 Å². The van der Waals surface area contributed by atoms with Crippen molar-refractivity contribution >= 4 is 36.1 Å². The molecule has 1 aromatic heterocycles. The molecule has 142 valence electrons. The number of nitrogens with zero attached hydrogens (tertiary/aromatic N) is 2. The molecule has 2 aromatic carbocycles. The minimum Gasteiger partial charge on any atom is -0.442 e. The number of anilines is 1. The van der Waals surface area contributed by atoms with Crippen molar-refractivity contribution in [2.75, 3.05) is 5.73 Å². The number of benzene rings is 2. The zero-order chi connectivity index (χ0) is 20.0. The number of carbonyl (C=O) groups is 1. The van der Waals surface area contributed by atoms with Gasteiger partial charge in [-0.25, -0.2) is 4.79 Å². The molecule has 0 atom stereocenters. The normalized spacial score (nSPS) is 12.4. The van der Waals surface area contributed by atoms with Crippen molar-refractivity contribution < 1.29 is 9.53 Å². The van der Waals surface area contributed by atoms with E-state index in [4.69, 9.17) is 10.5 Å². The average molecular weight is 382 g/mol. The number of aromatic nitrogens is 2. The number of hydrogen-bond acceptors (Lipinski definition) is 4. The second-order valence-electron chi connectivity index (χ2n) is 8.84. The summed E-state index contributed by atoms with van der Waals surface area (Å²) in [5.41, 5.74) is 8.33. The van der Waals surface area contributed by atoms with Crippen LogP contribution in [0.4, 0.5) is 10.6 Å². The van der Waals surface area contributed by atoms with E-state index in [1.807, 2.05) is 39.0 Å². The average Bonchev–Trinajstić information content (AvgIpc) is 2.89. The number of ether oxygens (including phenoxy) is 1. The van der Waals surface area contributed by atoms with Gasteiger partial charge in [-0.1, -0.05) is 55.2 Å². The van der Waals surface area contributed by atoms with Gasteiger partial charge < -0.3 is 10.5 Å². The van der Waals surface area contributed by atoms with Gasteiger partial charge in [-0.15, -0.1) is 5.10 Å². The molecule has 0 aliphatic heterocycles. The van der Waals surface area contributed by atoms with Crippen LogP contribution in [0.25, 0.3) is 22.0 Å². The van der Waals surface area contributed by atoms with E-state index in [9.17, 15) is 4.79 Å². The van der Waals surface area contributed by atoms with E-state index in [2.05, 4.69) is 49.0 Å². The Bertz CT molecular complexity index is 1010. The fraction of sp³-hybridized carbons (Fsp3) is 0.333. The van der Waals surface area contributed by atoms with Gasteiger partial charge in [-0.3, -0.25) is 0 Å². The molecule has 6 heteroatoms. The Labute approximate surface area is 161 Å². The van der Waals surface area contributed by atoms with Gasteiger partial charge in [-0.2, -0.15) is 4.68 Å². The van der Waals surface area contributed by atoms with Crippen LogP contribution in [-0.2, 0) is 4.74 Å². The fourth-order valence-corrected chi connectivity index (χ4v) is 4.12. The lowest BCUT2D eigenvalue weighted by Gasteiger charge is -2.19. The number of fused-ring (bicyclic) bond motifs is 1. The Morgan fingerprint density at radius 1 is 1.07 bits per heavy atom. The van der Waals surface area contributed by atoms with Gasteiger partial charge in [0.05, 0.1) is 13.6 Å². The van der Waals surface area contributed by atoms with Gasteiger partial charge in [0.2, 0.25) is 0 Å². The van der Waals surface area contributed by atoms with Crippen LogP contribution in [-0.4, -0.2) is 29.5 Å². The quantitative estimate of drug-likeness (QED) is 0.658. The van der Waals surface area contributed by atoms with Crippen LogP contribution < -0.4 is 10.9 Å². The predicted octanol–water partition coefficient (Wildman–Crippen LogP) is 4.61. The number of hydrogen-bond donors (Lipinski definition) is 1. The fourth-order valence-electron chi connectivity index (χ4n) is 2.93. The van der Waals surface area contributed by atoms with Gasteiger partial charge in [0.15, 0.2) is 5.82 Å². The number of nitrogens with two attached hydrogens (primary N) is 1. The summed E-state index contributed by atoms with van der Waals surface area (Å²) >= 11 is 0. The molecule has 0 aliphatic carbocycles. The van der Waals surface area contributed by atoms with Crippen LogP contribution in [0, 0.1) is 0 Å². The SMILES string of the molecule is CC(C)(C)OC(=O)n1nc(N)c2cc(-c3cccc([Si](C)(C)C)c3)ccc21. The smallest absolute Gasteiger partial charge is 0.435 e. The van der Waals surface area contributed by atoms with Gasteiger partial charge in [0.25, 0.3) is 0 Å². The van der Waals surface area contributed by atoms with E-state index in [0.717, 1.165) is 16.5 Å². The predicted molar refractivity (Wildman–Crippen MR) is 114 cm³/mol. The number of nitrogen functional groups attached to an aromatic ring is 1. The maximum Gasteiger partial charge on any atom is 0.435 e. The molecular weight excluding hydrogens is 354 g/mol. The zero-order valence-corrected chi connectivity index (χ0v) is 17.8. The van der Waals surface area contributed by atoms with Gasteiger partial charge in [0, 0.05) is 5.39 Å². The van der Waals surface area contributed by atoms with Gasteiger partial charge in [0.1, 0.15) is 5.60 Å². The first-order valence-electron chi connectivity index (χ1n) is 9.08. The van der Waals surface area contributed by atoms with Gasteiger partial charge >= 0.3 is 6.09 Å². The summed E-state index contributed by atoms with van der Waals surface area (Å²) in [6.07, 6.45) is -0.530. The molecule has 0 amide bonds. The lowest BCUT2D eigenvalue weighted by molar-refractivity contribution is 0.0523. The van der Waals surface area contributed by atoms with Crippen LogP contribution in [0.2, 0.25) is 19.6 Å². The highest BCUT2D eigenvalue weighted by atomic mass is 28.3. The first kappa shape index (κ1) is 19.2. The van der Waals surface area contributed by atoms with Crippen molar-refractivity contribution in [1.29, 1.82) is 0 Å². The summed E-state index contributed by atoms with van der Waals surface area (Å²) < 4.78 is 6.66. The zero-order valence-electron chi connectivity index (χ0n) is 16.8. The van der Waals surface area contributed by atoms with Crippen LogP contribution in [0.5, 0.6) is 0 Å². The molecule has 0 saturated heterocycles. The minimum absolute atomic E-state index is 0.319. The van der Waals surface area contributed by atoms with Crippen molar-refractivity contribution in [3.8, 4) is 11.1 Å². The molecular formula is C21H27N3O2Si. The second-order valence-corrected chi connectivity index (χ2v) is 13.9.